The number of hydrogen-bond acceptors (Lipinski definition) is 2. The second kappa shape index (κ2) is 4.63. The van der Waals surface area contributed by atoms with E-state index in [9.17, 15) is 0 Å². The second-order valence-electron chi connectivity index (χ2n) is 4.28. The van der Waals surface area contributed by atoms with Crippen LogP contribution in [0.4, 0.5) is 0 Å². The van der Waals surface area contributed by atoms with Gasteiger partial charge in [-0.05, 0) is 36.7 Å². The van der Waals surface area contributed by atoms with Crippen LogP contribution >= 0.6 is 0 Å². The normalized spacial score (nSPS) is 10.9. The lowest BCUT2D eigenvalue weighted by molar-refractivity contribution is 0.976. The molecule has 0 amide bonds. The van der Waals surface area contributed by atoms with Crippen molar-refractivity contribution in [1.29, 1.82) is 0 Å². The molecule has 3 nitrogen and oxygen atoms in total. The first-order chi connectivity index (χ1) is 8.90. The van der Waals surface area contributed by atoms with Gasteiger partial charge in [-0.3, -0.25) is 4.98 Å². The van der Waals surface area contributed by atoms with Crippen molar-refractivity contribution in [3.63, 3.8) is 0 Å². The molecule has 0 saturated carbocycles. The zero-order valence-corrected chi connectivity index (χ0v) is 10.1. The predicted octanol–water partition coefficient (Wildman–Crippen LogP) is 2.73. The van der Waals surface area contributed by atoms with Crippen molar-refractivity contribution in [1.82, 2.24) is 9.97 Å². The summed E-state index contributed by atoms with van der Waals surface area (Å²) in [5.41, 5.74) is 10.2. The third kappa shape index (κ3) is 1.79. The summed E-state index contributed by atoms with van der Waals surface area (Å²) in [6.07, 6.45) is 2.67. The molecule has 2 heterocycles. The van der Waals surface area contributed by atoms with Gasteiger partial charge < -0.3 is 10.7 Å². The van der Waals surface area contributed by atoms with E-state index in [1.165, 1.54) is 10.9 Å². The largest absolute Gasteiger partial charge is 0.353 e. The fourth-order valence-corrected chi connectivity index (χ4v) is 2.33. The Kier molecular flexibility index (Phi) is 2.82. The van der Waals surface area contributed by atoms with Crippen LogP contribution in [0.15, 0.2) is 48.7 Å². The molecule has 0 aliphatic rings. The fourth-order valence-electron chi connectivity index (χ4n) is 2.33. The number of nitrogens with zero attached hydrogens (tertiary/aromatic N) is 1. The van der Waals surface area contributed by atoms with E-state index >= 15 is 0 Å². The molecule has 0 atom stereocenters. The molecule has 90 valence electrons. The van der Waals surface area contributed by atoms with Crippen LogP contribution in [-0.4, -0.2) is 16.5 Å². The summed E-state index contributed by atoms with van der Waals surface area (Å²) in [6.45, 7) is 0.641. The van der Waals surface area contributed by atoms with E-state index in [-0.39, 0.29) is 0 Å². The molecule has 0 aliphatic carbocycles. The van der Waals surface area contributed by atoms with E-state index in [0.29, 0.717) is 6.54 Å². The molecule has 3 N–H and O–H groups in total. The number of para-hydroxylation sites is 1. The highest BCUT2D eigenvalue weighted by atomic mass is 14.8. The third-order valence-electron chi connectivity index (χ3n) is 3.13. The quantitative estimate of drug-likeness (QED) is 0.736. The molecule has 0 saturated heterocycles. The number of rotatable bonds is 3. The highest BCUT2D eigenvalue weighted by molar-refractivity contribution is 5.90. The van der Waals surface area contributed by atoms with Crippen LogP contribution in [0.1, 0.15) is 5.56 Å². The lowest BCUT2D eigenvalue weighted by Gasteiger charge is -2.02. The Morgan fingerprint density at radius 3 is 2.67 bits per heavy atom. The van der Waals surface area contributed by atoms with E-state index < -0.39 is 0 Å². The first-order valence-electron chi connectivity index (χ1n) is 6.11. The van der Waals surface area contributed by atoms with E-state index in [1.54, 1.807) is 0 Å². The minimum absolute atomic E-state index is 0.641. The number of pyridine rings is 1. The van der Waals surface area contributed by atoms with Gasteiger partial charge in [0.25, 0.3) is 0 Å². The number of hydrogen-bond donors (Lipinski definition) is 2. The summed E-state index contributed by atoms with van der Waals surface area (Å²) in [4.78, 5) is 7.86. The van der Waals surface area contributed by atoms with Crippen LogP contribution in [0.5, 0.6) is 0 Å². The van der Waals surface area contributed by atoms with Crippen molar-refractivity contribution in [3.8, 4) is 11.4 Å². The topological polar surface area (TPSA) is 54.7 Å². The van der Waals surface area contributed by atoms with Gasteiger partial charge in [0.05, 0.1) is 11.4 Å². The number of aromatic amines is 1. The van der Waals surface area contributed by atoms with Crippen molar-refractivity contribution in [2.75, 3.05) is 6.54 Å². The highest BCUT2D eigenvalue weighted by Crippen LogP contribution is 2.29. The van der Waals surface area contributed by atoms with Gasteiger partial charge in [-0.15, -0.1) is 0 Å². The van der Waals surface area contributed by atoms with Crippen LogP contribution in [-0.2, 0) is 6.42 Å². The molecule has 0 unspecified atom stereocenters. The molecule has 0 aliphatic heterocycles. The maximum Gasteiger partial charge on any atom is 0.0867 e. The van der Waals surface area contributed by atoms with Crippen LogP contribution in [0.25, 0.3) is 22.3 Å². The van der Waals surface area contributed by atoms with Gasteiger partial charge in [-0.1, -0.05) is 24.3 Å². The molecule has 3 heteroatoms. The molecule has 0 spiro atoms. The number of nitrogens with two attached hydrogens (primary N) is 1. The molecular weight excluding hydrogens is 222 g/mol. The maximum atomic E-state index is 5.72. The predicted molar refractivity (Wildman–Crippen MR) is 74.3 cm³/mol. The Balaban J connectivity index is 2.25. The number of aromatic nitrogens is 2. The monoisotopic (exact) mass is 237 g/mol. The van der Waals surface area contributed by atoms with Gasteiger partial charge in [-0.25, -0.2) is 0 Å². The minimum atomic E-state index is 0.641. The van der Waals surface area contributed by atoms with Crippen LogP contribution in [0, 0.1) is 0 Å². The molecule has 3 rings (SSSR count). The number of H-pyrrole nitrogens is 1. The first kappa shape index (κ1) is 11.0. The summed E-state index contributed by atoms with van der Waals surface area (Å²) in [7, 11) is 0. The Hall–Kier alpha value is -2.13. The summed E-state index contributed by atoms with van der Waals surface area (Å²) in [6, 6.07) is 14.2. The molecule has 0 fully saturated rings. The fraction of sp³-hybridized carbons (Fsp3) is 0.133. The Bertz CT molecular complexity index is 656. The molecule has 0 bridgehead atoms. The van der Waals surface area contributed by atoms with Crippen molar-refractivity contribution in [3.05, 3.63) is 54.2 Å². The average molecular weight is 237 g/mol. The van der Waals surface area contributed by atoms with E-state index in [0.717, 1.165) is 23.3 Å². The zero-order chi connectivity index (χ0) is 12.4. The van der Waals surface area contributed by atoms with Crippen LogP contribution < -0.4 is 5.73 Å². The molecule has 18 heavy (non-hydrogen) atoms. The maximum absolute atomic E-state index is 5.72. The van der Waals surface area contributed by atoms with Gasteiger partial charge in [0, 0.05) is 17.1 Å². The third-order valence-corrected chi connectivity index (χ3v) is 3.13. The first-order valence-corrected chi connectivity index (χ1v) is 6.11. The highest BCUT2D eigenvalue weighted by Gasteiger charge is 2.12. The zero-order valence-electron chi connectivity index (χ0n) is 10.1. The van der Waals surface area contributed by atoms with Crippen molar-refractivity contribution < 1.29 is 0 Å². The Morgan fingerprint density at radius 2 is 1.89 bits per heavy atom. The van der Waals surface area contributed by atoms with E-state index in [2.05, 4.69) is 28.2 Å². The van der Waals surface area contributed by atoms with E-state index in [1.807, 2.05) is 30.5 Å². The summed E-state index contributed by atoms with van der Waals surface area (Å²) in [5, 5.41) is 1.24. The van der Waals surface area contributed by atoms with Crippen molar-refractivity contribution in [2.45, 2.75) is 6.42 Å². The van der Waals surface area contributed by atoms with Crippen molar-refractivity contribution in [2.24, 2.45) is 5.73 Å². The molecule has 0 radical (unpaired) electrons. The standard InChI is InChI=1S/C15H15N3/c16-9-8-12-11-5-1-2-6-13(11)18-15(12)14-7-3-4-10-17-14/h1-7,10,18H,8-9,16H2. The number of nitrogens with one attached hydrogen (secondary N) is 1. The average Bonchev–Trinajstić information content (AvgIpc) is 2.80. The summed E-state index contributed by atoms with van der Waals surface area (Å²) in [5.74, 6) is 0. The summed E-state index contributed by atoms with van der Waals surface area (Å²) < 4.78 is 0. The van der Waals surface area contributed by atoms with Crippen LogP contribution in [0.3, 0.4) is 0 Å². The van der Waals surface area contributed by atoms with Crippen molar-refractivity contribution >= 4 is 10.9 Å². The van der Waals surface area contributed by atoms with Gasteiger partial charge in [0.1, 0.15) is 0 Å². The second-order valence-corrected chi connectivity index (χ2v) is 4.28. The van der Waals surface area contributed by atoms with Gasteiger partial charge >= 0.3 is 0 Å². The number of benzene rings is 1. The molecular formula is C15H15N3. The molecule has 2 aromatic heterocycles. The SMILES string of the molecule is NCCc1c(-c2ccccn2)[nH]c2ccccc12. The Morgan fingerprint density at radius 1 is 1.06 bits per heavy atom. The lowest BCUT2D eigenvalue weighted by Crippen LogP contribution is -2.03. The smallest absolute Gasteiger partial charge is 0.0867 e. The lowest BCUT2D eigenvalue weighted by atomic mass is 10.1. The van der Waals surface area contributed by atoms with E-state index in [4.69, 9.17) is 5.73 Å². The van der Waals surface area contributed by atoms with Gasteiger partial charge in [-0.2, -0.15) is 0 Å². The minimum Gasteiger partial charge on any atom is -0.353 e. The number of fused-ring (bicyclic) bond motifs is 1. The van der Waals surface area contributed by atoms with Gasteiger partial charge in [0.15, 0.2) is 0 Å². The molecule has 1 aromatic carbocycles. The Labute approximate surface area is 106 Å². The van der Waals surface area contributed by atoms with Crippen LogP contribution in [0.2, 0.25) is 0 Å². The van der Waals surface area contributed by atoms with Gasteiger partial charge in [0.2, 0.25) is 0 Å². The molecule has 3 aromatic rings. The summed E-state index contributed by atoms with van der Waals surface area (Å²) >= 11 is 0.